The fourth-order valence-electron chi connectivity index (χ4n) is 2.67. The molecule has 3 aromatic rings. The lowest BCUT2D eigenvalue weighted by atomic mass is 9.87. The Labute approximate surface area is 160 Å². The Bertz CT molecular complexity index is 962. The van der Waals surface area contributed by atoms with Crippen LogP contribution in [-0.2, 0) is 5.41 Å². The van der Waals surface area contributed by atoms with E-state index in [1.54, 1.807) is 12.1 Å². The van der Waals surface area contributed by atoms with Gasteiger partial charge in [-0.05, 0) is 54.3 Å². The summed E-state index contributed by atoms with van der Waals surface area (Å²) in [7, 11) is 0. The highest BCUT2D eigenvalue weighted by atomic mass is 15.1. The number of nitrogens with zero attached hydrogens (tertiary/aromatic N) is 3. The highest BCUT2D eigenvalue weighted by molar-refractivity contribution is 5.63. The standard InChI is InChI=1S/C22H23N5/c1-15-24-20(26-18-9-5-16(14-23)6-10-18)13-21(25-15)27-19-11-7-17(8-12-19)22(2,3)4/h5-13H,1-4H3,(H2,24,25,26,27). The summed E-state index contributed by atoms with van der Waals surface area (Å²) in [5, 5.41) is 15.5. The van der Waals surface area contributed by atoms with Crippen LogP contribution in [0.3, 0.4) is 0 Å². The van der Waals surface area contributed by atoms with Crippen LogP contribution in [0, 0.1) is 18.3 Å². The minimum Gasteiger partial charge on any atom is -0.340 e. The van der Waals surface area contributed by atoms with Crippen molar-refractivity contribution in [3.63, 3.8) is 0 Å². The summed E-state index contributed by atoms with van der Waals surface area (Å²) in [6, 6.07) is 19.6. The summed E-state index contributed by atoms with van der Waals surface area (Å²) < 4.78 is 0. The maximum Gasteiger partial charge on any atom is 0.136 e. The van der Waals surface area contributed by atoms with E-state index in [9.17, 15) is 0 Å². The lowest BCUT2D eigenvalue weighted by Crippen LogP contribution is -2.10. The van der Waals surface area contributed by atoms with Gasteiger partial charge in [0, 0.05) is 17.4 Å². The molecule has 27 heavy (non-hydrogen) atoms. The predicted octanol–water partition coefficient (Wildman–Crippen LogP) is 5.44. The fourth-order valence-corrected chi connectivity index (χ4v) is 2.67. The van der Waals surface area contributed by atoms with E-state index in [0.29, 0.717) is 17.2 Å². The molecule has 0 radical (unpaired) electrons. The summed E-state index contributed by atoms with van der Waals surface area (Å²) in [5.74, 6) is 2.09. The van der Waals surface area contributed by atoms with Gasteiger partial charge in [0.2, 0.25) is 0 Å². The fraction of sp³-hybridized carbons (Fsp3) is 0.227. The molecule has 0 aliphatic heterocycles. The van der Waals surface area contributed by atoms with E-state index in [-0.39, 0.29) is 5.41 Å². The maximum absolute atomic E-state index is 8.89. The van der Waals surface area contributed by atoms with E-state index in [1.807, 2.05) is 25.1 Å². The molecule has 0 amide bonds. The number of aromatic nitrogens is 2. The molecule has 0 saturated heterocycles. The zero-order valence-electron chi connectivity index (χ0n) is 16.0. The molecule has 136 valence electrons. The Morgan fingerprint density at radius 1 is 0.815 bits per heavy atom. The van der Waals surface area contributed by atoms with Crippen molar-refractivity contribution in [3.8, 4) is 6.07 Å². The zero-order valence-corrected chi connectivity index (χ0v) is 16.0. The van der Waals surface area contributed by atoms with Gasteiger partial charge in [0.15, 0.2) is 0 Å². The molecule has 5 nitrogen and oxygen atoms in total. The van der Waals surface area contributed by atoms with Crippen LogP contribution in [0.4, 0.5) is 23.0 Å². The number of hydrogen-bond acceptors (Lipinski definition) is 5. The van der Waals surface area contributed by atoms with Gasteiger partial charge in [0.25, 0.3) is 0 Å². The largest absolute Gasteiger partial charge is 0.340 e. The van der Waals surface area contributed by atoms with E-state index >= 15 is 0 Å². The second-order valence-corrected chi connectivity index (χ2v) is 7.45. The first kappa shape index (κ1) is 18.4. The topological polar surface area (TPSA) is 73.6 Å². The quantitative estimate of drug-likeness (QED) is 0.650. The van der Waals surface area contributed by atoms with E-state index in [1.165, 1.54) is 5.56 Å². The van der Waals surface area contributed by atoms with Crippen molar-refractivity contribution < 1.29 is 0 Å². The van der Waals surface area contributed by atoms with Crippen molar-refractivity contribution in [1.82, 2.24) is 9.97 Å². The Kier molecular flexibility index (Phi) is 5.09. The normalized spacial score (nSPS) is 10.9. The Morgan fingerprint density at radius 3 is 1.74 bits per heavy atom. The molecular formula is C22H23N5. The van der Waals surface area contributed by atoms with Crippen molar-refractivity contribution in [2.24, 2.45) is 0 Å². The minimum absolute atomic E-state index is 0.127. The van der Waals surface area contributed by atoms with Crippen molar-refractivity contribution >= 4 is 23.0 Å². The average Bonchev–Trinajstić information content (AvgIpc) is 2.61. The van der Waals surface area contributed by atoms with Gasteiger partial charge in [-0.25, -0.2) is 9.97 Å². The van der Waals surface area contributed by atoms with Crippen LogP contribution in [0.5, 0.6) is 0 Å². The van der Waals surface area contributed by atoms with Crippen molar-refractivity contribution in [2.45, 2.75) is 33.1 Å². The molecule has 2 N–H and O–H groups in total. The smallest absolute Gasteiger partial charge is 0.136 e. The lowest BCUT2D eigenvalue weighted by Gasteiger charge is -2.19. The van der Waals surface area contributed by atoms with Crippen LogP contribution < -0.4 is 10.6 Å². The third kappa shape index (κ3) is 4.83. The van der Waals surface area contributed by atoms with Gasteiger partial charge < -0.3 is 10.6 Å². The van der Waals surface area contributed by atoms with Gasteiger partial charge >= 0.3 is 0 Å². The molecule has 3 rings (SSSR count). The van der Waals surface area contributed by atoms with Crippen molar-refractivity contribution in [3.05, 3.63) is 71.5 Å². The van der Waals surface area contributed by atoms with E-state index in [2.05, 4.69) is 71.7 Å². The highest BCUT2D eigenvalue weighted by Gasteiger charge is 2.13. The average molecular weight is 357 g/mol. The molecule has 0 atom stereocenters. The molecule has 0 bridgehead atoms. The van der Waals surface area contributed by atoms with E-state index < -0.39 is 0 Å². The predicted molar refractivity (Wildman–Crippen MR) is 110 cm³/mol. The van der Waals surface area contributed by atoms with E-state index in [4.69, 9.17) is 5.26 Å². The zero-order chi connectivity index (χ0) is 19.4. The molecule has 5 heteroatoms. The summed E-state index contributed by atoms with van der Waals surface area (Å²) in [6.45, 7) is 8.46. The van der Waals surface area contributed by atoms with Crippen LogP contribution in [-0.4, -0.2) is 9.97 Å². The molecule has 0 fully saturated rings. The second kappa shape index (κ2) is 7.46. The molecule has 0 saturated carbocycles. The van der Waals surface area contributed by atoms with Crippen LogP contribution in [0.15, 0.2) is 54.6 Å². The first-order chi connectivity index (χ1) is 12.8. The van der Waals surface area contributed by atoms with E-state index in [0.717, 1.165) is 17.2 Å². The van der Waals surface area contributed by atoms with Crippen LogP contribution in [0.25, 0.3) is 0 Å². The monoisotopic (exact) mass is 357 g/mol. The third-order valence-electron chi connectivity index (χ3n) is 4.15. The number of nitrogens with one attached hydrogen (secondary N) is 2. The van der Waals surface area contributed by atoms with Crippen molar-refractivity contribution in [2.75, 3.05) is 10.6 Å². The molecule has 0 aliphatic carbocycles. The molecule has 0 spiro atoms. The Hall–Kier alpha value is -3.39. The van der Waals surface area contributed by atoms with Crippen LogP contribution >= 0.6 is 0 Å². The number of hydrogen-bond donors (Lipinski definition) is 2. The summed E-state index contributed by atoms with van der Waals surface area (Å²) in [4.78, 5) is 8.90. The molecule has 0 aliphatic rings. The first-order valence-corrected chi connectivity index (χ1v) is 8.84. The number of aryl methyl sites for hydroxylation is 1. The Morgan fingerprint density at radius 2 is 1.30 bits per heavy atom. The Balaban J connectivity index is 1.77. The third-order valence-corrected chi connectivity index (χ3v) is 4.15. The first-order valence-electron chi connectivity index (χ1n) is 8.84. The molecule has 1 aromatic heterocycles. The molecule has 1 heterocycles. The van der Waals surface area contributed by atoms with Gasteiger partial charge in [-0.3, -0.25) is 0 Å². The van der Waals surface area contributed by atoms with Crippen LogP contribution in [0.1, 0.15) is 37.7 Å². The van der Waals surface area contributed by atoms with Gasteiger partial charge in [-0.1, -0.05) is 32.9 Å². The highest BCUT2D eigenvalue weighted by Crippen LogP contribution is 2.25. The van der Waals surface area contributed by atoms with Crippen LogP contribution in [0.2, 0.25) is 0 Å². The van der Waals surface area contributed by atoms with Gasteiger partial charge in [0.1, 0.15) is 17.5 Å². The number of anilines is 4. The molecule has 0 unspecified atom stereocenters. The number of nitriles is 1. The number of benzene rings is 2. The second-order valence-electron chi connectivity index (χ2n) is 7.45. The molecular weight excluding hydrogens is 334 g/mol. The molecule has 2 aromatic carbocycles. The summed E-state index contributed by atoms with van der Waals surface area (Å²) in [6.07, 6.45) is 0. The SMILES string of the molecule is Cc1nc(Nc2ccc(C#N)cc2)cc(Nc2ccc(C(C)(C)C)cc2)n1. The van der Waals surface area contributed by atoms with Gasteiger partial charge in [0.05, 0.1) is 11.6 Å². The number of rotatable bonds is 4. The summed E-state index contributed by atoms with van der Waals surface area (Å²) >= 11 is 0. The summed E-state index contributed by atoms with van der Waals surface area (Å²) in [5.41, 5.74) is 3.89. The lowest BCUT2D eigenvalue weighted by molar-refractivity contribution is 0.590. The van der Waals surface area contributed by atoms with Crippen molar-refractivity contribution in [1.29, 1.82) is 5.26 Å². The van der Waals surface area contributed by atoms with Gasteiger partial charge in [-0.2, -0.15) is 5.26 Å². The minimum atomic E-state index is 0.127. The van der Waals surface area contributed by atoms with Gasteiger partial charge in [-0.15, -0.1) is 0 Å². The maximum atomic E-state index is 8.89.